The molecule has 1 heterocycles. The number of Topliss-reactive ketones (excluding diaryl/α,β-unsaturated/α-hetero) is 1. The van der Waals surface area contributed by atoms with Gasteiger partial charge in [0.05, 0.1) is 4.92 Å². The highest BCUT2D eigenvalue weighted by Gasteiger charge is 2.21. The Morgan fingerprint density at radius 3 is 2.50 bits per heavy atom. The molecule has 1 N–H and O–H groups in total. The highest BCUT2D eigenvalue weighted by molar-refractivity contribution is 6.01. The number of nitrogens with one attached hydrogen (secondary N) is 1. The maximum absolute atomic E-state index is 13.4. The number of carbonyl (C=O) groups excluding carboxylic acids is 2. The Morgan fingerprint density at radius 2 is 1.83 bits per heavy atom. The van der Waals surface area contributed by atoms with Gasteiger partial charge in [-0.3, -0.25) is 29.8 Å². The maximum atomic E-state index is 13.4. The van der Waals surface area contributed by atoms with Crippen LogP contribution in [0.3, 0.4) is 0 Å². The fourth-order valence-electron chi connectivity index (χ4n) is 2.95. The second-order valence-corrected chi connectivity index (χ2v) is 6.51. The molecule has 0 saturated carbocycles. The van der Waals surface area contributed by atoms with E-state index in [0.29, 0.717) is 17.0 Å². The lowest BCUT2D eigenvalue weighted by molar-refractivity contribution is -0.385. The largest absolute Gasteiger partial charge is 0.478 e. The molecule has 3 rings (SSSR count). The molecule has 3 aromatic rings. The number of hydrogen-bond donors (Lipinski definition) is 1. The number of hydrogen-bond acceptors (Lipinski definition) is 5. The molecule has 0 aliphatic rings. The standard InChI is InChI=1S/C21H18FN3O5/c1-13-10-17(14(2)24(13)23-21(27)15-6-4-3-5-7-15)19(26)12-30-20-11-16(22)8-9-18(20)25(28)29/h3-11H,12H2,1-2H3,(H,23,27). The first-order valence-corrected chi connectivity index (χ1v) is 8.93. The zero-order valence-corrected chi connectivity index (χ0v) is 16.2. The highest BCUT2D eigenvalue weighted by atomic mass is 19.1. The van der Waals surface area contributed by atoms with Crippen LogP contribution in [0.15, 0.2) is 54.6 Å². The third-order valence-corrected chi connectivity index (χ3v) is 4.46. The maximum Gasteiger partial charge on any atom is 0.311 e. The number of carbonyl (C=O) groups is 2. The summed E-state index contributed by atoms with van der Waals surface area (Å²) in [6.07, 6.45) is 0. The van der Waals surface area contributed by atoms with Gasteiger partial charge in [-0.2, -0.15) is 0 Å². The van der Waals surface area contributed by atoms with Gasteiger partial charge in [0.2, 0.25) is 5.78 Å². The molecule has 0 atom stereocenters. The molecule has 1 amide bonds. The van der Waals surface area contributed by atoms with E-state index in [0.717, 1.165) is 18.2 Å². The predicted octanol–water partition coefficient (Wildman–Crippen LogP) is 3.80. The first-order valence-electron chi connectivity index (χ1n) is 8.93. The van der Waals surface area contributed by atoms with Crippen molar-refractivity contribution >= 4 is 17.4 Å². The fraction of sp³-hybridized carbons (Fsp3) is 0.143. The summed E-state index contributed by atoms with van der Waals surface area (Å²) in [6, 6.07) is 12.9. The summed E-state index contributed by atoms with van der Waals surface area (Å²) >= 11 is 0. The van der Waals surface area contributed by atoms with Crippen LogP contribution < -0.4 is 10.2 Å². The summed E-state index contributed by atoms with van der Waals surface area (Å²) in [4.78, 5) is 35.3. The lowest BCUT2D eigenvalue weighted by Gasteiger charge is -2.12. The van der Waals surface area contributed by atoms with Gasteiger partial charge in [-0.15, -0.1) is 0 Å². The van der Waals surface area contributed by atoms with Crippen LogP contribution in [0.1, 0.15) is 32.1 Å². The lowest BCUT2D eigenvalue weighted by Crippen LogP contribution is -2.25. The number of aromatic nitrogens is 1. The first kappa shape index (κ1) is 20.7. The molecule has 0 radical (unpaired) electrons. The Bertz CT molecular complexity index is 1130. The van der Waals surface area contributed by atoms with E-state index in [1.807, 2.05) is 0 Å². The second kappa shape index (κ2) is 8.56. The summed E-state index contributed by atoms with van der Waals surface area (Å²) in [7, 11) is 0. The number of ether oxygens (including phenoxy) is 1. The molecule has 0 unspecified atom stereocenters. The van der Waals surface area contributed by atoms with Crippen LogP contribution in [0.5, 0.6) is 5.75 Å². The minimum Gasteiger partial charge on any atom is -0.478 e. The predicted molar refractivity (Wildman–Crippen MR) is 107 cm³/mol. The molecule has 0 saturated heterocycles. The van der Waals surface area contributed by atoms with Crippen LogP contribution in [0, 0.1) is 29.8 Å². The molecule has 0 fully saturated rings. The van der Waals surface area contributed by atoms with E-state index >= 15 is 0 Å². The van der Waals surface area contributed by atoms with E-state index in [1.165, 1.54) is 4.68 Å². The summed E-state index contributed by atoms with van der Waals surface area (Å²) in [5.41, 5.74) is 4.10. The number of nitro groups is 1. The Labute approximate surface area is 171 Å². The van der Waals surface area contributed by atoms with Crippen molar-refractivity contribution in [3.05, 3.63) is 93.0 Å². The summed E-state index contributed by atoms with van der Waals surface area (Å²) in [6.45, 7) is 2.84. The lowest BCUT2D eigenvalue weighted by atomic mass is 10.1. The number of rotatable bonds is 7. The molecule has 1 aromatic heterocycles. The average molecular weight is 411 g/mol. The number of ketones is 1. The van der Waals surface area contributed by atoms with E-state index in [4.69, 9.17) is 4.74 Å². The Kier molecular flexibility index (Phi) is 5.91. The van der Waals surface area contributed by atoms with Crippen molar-refractivity contribution in [3.8, 4) is 5.75 Å². The van der Waals surface area contributed by atoms with Crippen molar-refractivity contribution in [1.82, 2.24) is 4.68 Å². The molecular formula is C21H18FN3O5. The zero-order chi connectivity index (χ0) is 21.8. The van der Waals surface area contributed by atoms with Gasteiger partial charge in [0.15, 0.2) is 12.4 Å². The molecule has 0 spiro atoms. The molecule has 9 heteroatoms. The molecule has 154 valence electrons. The summed E-state index contributed by atoms with van der Waals surface area (Å²) in [5.74, 6) is -1.87. The van der Waals surface area contributed by atoms with Gasteiger partial charge in [0.25, 0.3) is 5.91 Å². The normalized spacial score (nSPS) is 10.5. The molecular weight excluding hydrogens is 393 g/mol. The minimum absolute atomic E-state index is 0.278. The first-order chi connectivity index (χ1) is 14.3. The summed E-state index contributed by atoms with van der Waals surface area (Å²) < 4.78 is 20.1. The van der Waals surface area contributed by atoms with Crippen molar-refractivity contribution in [3.63, 3.8) is 0 Å². The number of aryl methyl sites for hydroxylation is 1. The third kappa shape index (κ3) is 4.35. The fourth-order valence-corrected chi connectivity index (χ4v) is 2.95. The smallest absolute Gasteiger partial charge is 0.311 e. The van der Waals surface area contributed by atoms with Gasteiger partial charge in [0, 0.05) is 34.6 Å². The van der Waals surface area contributed by atoms with Gasteiger partial charge in [-0.1, -0.05) is 18.2 Å². The molecule has 30 heavy (non-hydrogen) atoms. The topological polar surface area (TPSA) is 103 Å². The van der Waals surface area contributed by atoms with Crippen LogP contribution in [0.4, 0.5) is 10.1 Å². The van der Waals surface area contributed by atoms with Crippen LogP contribution >= 0.6 is 0 Å². The average Bonchev–Trinajstić information content (AvgIpc) is 3.00. The van der Waals surface area contributed by atoms with E-state index in [1.54, 1.807) is 50.2 Å². The monoisotopic (exact) mass is 411 g/mol. The molecule has 0 aliphatic carbocycles. The summed E-state index contributed by atoms with van der Waals surface area (Å²) in [5, 5.41) is 11.0. The van der Waals surface area contributed by atoms with Crippen molar-refractivity contribution in [1.29, 1.82) is 0 Å². The van der Waals surface area contributed by atoms with Crippen molar-refractivity contribution in [2.45, 2.75) is 13.8 Å². The SMILES string of the molecule is Cc1cc(C(=O)COc2cc(F)ccc2[N+](=O)[O-])c(C)n1NC(=O)c1ccccc1. The van der Waals surface area contributed by atoms with Gasteiger partial charge in [-0.05, 0) is 38.1 Å². The number of amides is 1. The van der Waals surface area contributed by atoms with Crippen LogP contribution in [0.25, 0.3) is 0 Å². The molecule has 2 aromatic carbocycles. The van der Waals surface area contributed by atoms with E-state index in [2.05, 4.69) is 5.43 Å². The van der Waals surface area contributed by atoms with Crippen LogP contribution in [-0.2, 0) is 0 Å². The van der Waals surface area contributed by atoms with Crippen molar-refractivity contribution < 1.29 is 23.6 Å². The molecule has 0 aliphatic heterocycles. The van der Waals surface area contributed by atoms with Crippen molar-refractivity contribution in [2.75, 3.05) is 12.0 Å². The molecule has 8 nitrogen and oxygen atoms in total. The van der Waals surface area contributed by atoms with Crippen molar-refractivity contribution in [2.24, 2.45) is 0 Å². The van der Waals surface area contributed by atoms with Crippen LogP contribution in [0.2, 0.25) is 0 Å². The van der Waals surface area contributed by atoms with Gasteiger partial charge < -0.3 is 4.74 Å². The van der Waals surface area contributed by atoms with E-state index in [-0.39, 0.29) is 17.2 Å². The van der Waals surface area contributed by atoms with E-state index < -0.39 is 28.8 Å². The second-order valence-electron chi connectivity index (χ2n) is 6.51. The number of nitrogens with zero attached hydrogens (tertiary/aromatic N) is 2. The highest BCUT2D eigenvalue weighted by Crippen LogP contribution is 2.27. The Balaban J connectivity index is 1.77. The molecule has 0 bridgehead atoms. The minimum atomic E-state index is -0.718. The number of halogens is 1. The Hall–Kier alpha value is -4.01. The van der Waals surface area contributed by atoms with Crippen LogP contribution in [-0.4, -0.2) is 27.9 Å². The number of nitro benzene ring substituents is 1. The number of benzene rings is 2. The van der Waals surface area contributed by atoms with E-state index in [9.17, 15) is 24.1 Å². The Morgan fingerprint density at radius 1 is 1.13 bits per heavy atom. The van der Waals surface area contributed by atoms with Gasteiger partial charge >= 0.3 is 5.69 Å². The quantitative estimate of drug-likeness (QED) is 0.362. The third-order valence-electron chi connectivity index (χ3n) is 4.46. The zero-order valence-electron chi connectivity index (χ0n) is 16.2. The van der Waals surface area contributed by atoms with Gasteiger partial charge in [-0.25, -0.2) is 4.39 Å². The van der Waals surface area contributed by atoms with Gasteiger partial charge in [0.1, 0.15) is 5.82 Å².